The normalized spacial score (nSPS) is 22.4. The molecule has 3 saturated heterocycles. The van der Waals surface area contributed by atoms with Crippen LogP contribution in [-0.2, 0) is 14.3 Å². The van der Waals surface area contributed by atoms with E-state index in [1.54, 1.807) is 23.7 Å². The van der Waals surface area contributed by atoms with Crippen LogP contribution < -0.4 is 14.5 Å². The summed E-state index contributed by atoms with van der Waals surface area (Å²) in [5.74, 6) is 4.66. The van der Waals surface area contributed by atoms with Crippen LogP contribution in [0.1, 0.15) is 31.2 Å². The number of pyridine rings is 1. The molecule has 0 unspecified atom stereocenters. The summed E-state index contributed by atoms with van der Waals surface area (Å²) in [7, 11) is 3.88. The summed E-state index contributed by atoms with van der Waals surface area (Å²) in [6, 6.07) is 4.21. The van der Waals surface area contributed by atoms with Gasteiger partial charge in [-0.05, 0) is 38.5 Å². The molecule has 1 spiro atoms. The van der Waals surface area contributed by atoms with Crippen LogP contribution in [0.25, 0.3) is 10.7 Å². The van der Waals surface area contributed by atoms with Crippen LogP contribution in [0.3, 0.4) is 0 Å². The molecule has 3 atom stereocenters. The number of ether oxygens (including phenoxy) is 3. The minimum absolute atomic E-state index is 0.0372. The fourth-order valence-corrected chi connectivity index (χ4v) is 6.28. The summed E-state index contributed by atoms with van der Waals surface area (Å²) in [5, 5.41) is 11.9. The van der Waals surface area contributed by atoms with E-state index < -0.39 is 36.0 Å². The van der Waals surface area contributed by atoms with Crippen LogP contribution in [0.2, 0.25) is 0 Å². The SMILES string of the molecule is C[C@@H]1N(c2cc(C#CCN(C)C)cnc2O[C@H]2C[C@@H](C(=O)O)N(c3nc(-c4cccs4)nc(C(F)F)n3)C2)CCOC12COC2. The number of aliphatic carboxylic acids is 1. The fourth-order valence-electron chi connectivity index (χ4n) is 5.63. The Hall–Kier alpha value is -3.97. The first-order valence-electron chi connectivity index (χ1n) is 14.5. The molecule has 3 aliphatic heterocycles. The first-order valence-corrected chi connectivity index (χ1v) is 15.4. The summed E-state index contributed by atoms with van der Waals surface area (Å²) in [5.41, 5.74) is 0.973. The number of carboxylic acids is 1. The van der Waals surface area contributed by atoms with E-state index in [1.807, 2.05) is 25.1 Å². The van der Waals surface area contributed by atoms with E-state index in [-0.39, 0.29) is 30.8 Å². The summed E-state index contributed by atoms with van der Waals surface area (Å²) in [6.45, 7) is 4.71. The minimum Gasteiger partial charge on any atom is -0.480 e. The molecule has 238 valence electrons. The molecule has 45 heavy (non-hydrogen) atoms. The zero-order valence-electron chi connectivity index (χ0n) is 25.0. The maximum absolute atomic E-state index is 13.8. The van der Waals surface area contributed by atoms with Gasteiger partial charge in [0.25, 0.3) is 6.43 Å². The first kappa shape index (κ1) is 31.0. The molecular weight excluding hydrogens is 608 g/mol. The monoisotopic (exact) mass is 641 g/mol. The third-order valence-corrected chi connectivity index (χ3v) is 8.94. The quantitative estimate of drug-likeness (QED) is 0.364. The van der Waals surface area contributed by atoms with Gasteiger partial charge >= 0.3 is 5.97 Å². The van der Waals surface area contributed by atoms with Crippen LogP contribution in [0.5, 0.6) is 5.88 Å². The second kappa shape index (κ2) is 12.8. The molecule has 0 saturated carbocycles. The average Bonchev–Trinajstić information content (AvgIpc) is 3.68. The molecule has 12 nitrogen and oxygen atoms in total. The van der Waals surface area contributed by atoms with E-state index in [0.29, 0.717) is 54.9 Å². The van der Waals surface area contributed by atoms with Crippen LogP contribution >= 0.6 is 11.3 Å². The van der Waals surface area contributed by atoms with Crippen molar-refractivity contribution < 1.29 is 32.9 Å². The van der Waals surface area contributed by atoms with Crippen LogP contribution in [0.4, 0.5) is 20.4 Å². The number of nitrogens with zero attached hydrogens (tertiary/aromatic N) is 7. The van der Waals surface area contributed by atoms with Gasteiger partial charge in [-0.1, -0.05) is 17.9 Å². The molecule has 6 rings (SSSR count). The van der Waals surface area contributed by atoms with Gasteiger partial charge in [-0.15, -0.1) is 11.3 Å². The highest BCUT2D eigenvalue weighted by molar-refractivity contribution is 7.13. The lowest BCUT2D eigenvalue weighted by Gasteiger charge is -2.53. The van der Waals surface area contributed by atoms with Crippen molar-refractivity contribution in [3.05, 3.63) is 41.2 Å². The zero-order chi connectivity index (χ0) is 31.7. The molecule has 3 aromatic heterocycles. The second-order valence-electron chi connectivity index (χ2n) is 11.4. The minimum atomic E-state index is -2.96. The third kappa shape index (κ3) is 6.41. The Bertz CT molecular complexity index is 1590. The lowest BCUT2D eigenvalue weighted by molar-refractivity contribution is -0.228. The number of morpholine rings is 1. The van der Waals surface area contributed by atoms with E-state index in [0.717, 1.165) is 0 Å². The maximum Gasteiger partial charge on any atom is 0.326 e. The van der Waals surface area contributed by atoms with Gasteiger partial charge in [0.05, 0.1) is 43.8 Å². The van der Waals surface area contributed by atoms with Gasteiger partial charge in [0, 0.05) is 24.7 Å². The Morgan fingerprint density at radius 1 is 1.29 bits per heavy atom. The summed E-state index contributed by atoms with van der Waals surface area (Å²) in [4.78, 5) is 35.4. The van der Waals surface area contributed by atoms with Crippen molar-refractivity contribution in [2.75, 3.05) is 63.4 Å². The molecule has 0 bridgehead atoms. The van der Waals surface area contributed by atoms with Crippen LogP contribution in [0, 0.1) is 11.8 Å². The third-order valence-electron chi connectivity index (χ3n) is 8.07. The van der Waals surface area contributed by atoms with E-state index >= 15 is 0 Å². The molecule has 0 amide bonds. The number of hydrogen-bond acceptors (Lipinski definition) is 12. The van der Waals surface area contributed by atoms with Gasteiger partial charge in [0.15, 0.2) is 5.82 Å². The lowest BCUT2D eigenvalue weighted by atomic mass is 9.90. The molecule has 0 aliphatic carbocycles. The predicted octanol–water partition coefficient (Wildman–Crippen LogP) is 2.95. The number of anilines is 2. The van der Waals surface area contributed by atoms with Crippen molar-refractivity contribution in [1.82, 2.24) is 24.8 Å². The number of thiophene rings is 1. The number of aromatic nitrogens is 4. The van der Waals surface area contributed by atoms with Gasteiger partial charge in [-0.3, -0.25) is 4.90 Å². The predicted molar refractivity (Wildman–Crippen MR) is 162 cm³/mol. The highest BCUT2D eigenvalue weighted by Crippen LogP contribution is 2.39. The Morgan fingerprint density at radius 2 is 2.11 bits per heavy atom. The van der Waals surface area contributed by atoms with Crippen molar-refractivity contribution in [3.63, 3.8) is 0 Å². The van der Waals surface area contributed by atoms with Gasteiger partial charge in [-0.25, -0.2) is 23.5 Å². The summed E-state index contributed by atoms with van der Waals surface area (Å²) < 4.78 is 45.7. The molecule has 0 radical (unpaired) electrons. The number of alkyl halides is 2. The molecule has 3 fully saturated rings. The Kier molecular flexibility index (Phi) is 8.82. The zero-order valence-corrected chi connectivity index (χ0v) is 25.8. The van der Waals surface area contributed by atoms with Gasteiger partial charge in [0.1, 0.15) is 23.4 Å². The summed E-state index contributed by atoms with van der Waals surface area (Å²) >= 11 is 1.29. The molecular formula is C30H33F2N7O5S. The van der Waals surface area contributed by atoms with Crippen molar-refractivity contribution in [2.45, 2.75) is 43.6 Å². The maximum atomic E-state index is 13.8. The Labute approximate surface area is 263 Å². The Balaban J connectivity index is 1.31. The van der Waals surface area contributed by atoms with Crippen molar-refractivity contribution >= 4 is 28.9 Å². The van der Waals surface area contributed by atoms with Crippen molar-refractivity contribution in [2.24, 2.45) is 0 Å². The van der Waals surface area contributed by atoms with Gasteiger partial charge < -0.3 is 29.1 Å². The topological polar surface area (TPSA) is 126 Å². The van der Waals surface area contributed by atoms with E-state index in [9.17, 15) is 18.7 Å². The van der Waals surface area contributed by atoms with Crippen LogP contribution in [0.15, 0.2) is 29.8 Å². The molecule has 6 heterocycles. The molecule has 3 aromatic rings. The highest BCUT2D eigenvalue weighted by atomic mass is 32.1. The molecule has 15 heteroatoms. The fraction of sp³-hybridized carbons (Fsp3) is 0.500. The number of hydrogen-bond donors (Lipinski definition) is 1. The van der Waals surface area contributed by atoms with E-state index in [4.69, 9.17) is 14.2 Å². The number of rotatable bonds is 8. The Morgan fingerprint density at radius 3 is 2.78 bits per heavy atom. The van der Waals surface area contributed by atoms with Crippen molar-refractivity contribution in [1.29, 1.82) is 0 Å². The largest absolute Gasteiger partial charge is 0.480 e. The van der Waals surface area contributed by atoms with Crippen molar-refractivity contribution in [3.8, 4) is 28.4 Å². The molecule has 0 aromatic carbocycles. The summed E-state index contributed by atoms with van der Waals surface area (Å²) in [6.07, 6.45) is -1.93. The highest BCUT2D eigenvalue weighted by Gasteiger charge is 2.50. The second-order valence-corrected chi connectivity index (χ2v) is 12.4. The van der Waals surface area contributed by atoms with E-state index in [1.165, 1.54) is 16.2 Å². The molecule has 1 N–H and O–H groups in total. The molecule has 3 aliphatic rings. The number of carbonyl (C=O) groups is 1. The van der Waals surface area contributed by atoms with Crippen LogP contribution in [-0.4, -0.2) is 113 Å². The standard InChI is InChI=1S/C30H33F2N7O5S/c1-18-30(16-42-17-30)43-10-9-38(18)21-12-19(6-4-8-37(2)3)14-33-27(21)44-20-13-22(28(40)41)39(15-20)29-35-25(23-7-5-11-45-23)34-26(36-29)24(31)32/h5,7,11-12,14,18,20,22,24H,8-10,13,15-17H2,1-3H3,(H,40,41)/t18-,20-,22-/m0/s1. The average molecular weight is 642 g/mol. The number of carboxylic acid groups (broad SMARTS) is 1. The van der Waals surface area contributed by atoms with Gasteiger partial charge in [0.2, 0.25) is 17.7 Å². The lowest BCUT2D eigenvalue weighted by Crippen LogP contribution is -2.68. The van der Waals surface area contributed by atoms with E-state index in [2.05, 4.69) is 43.6 Å². The smallest absolute Gasteiger partial charge is 0.326 e. The first-order chi connectivity index (χ1) is 21.6. The number of halogens is 2. The van der Waals surface area contributed by atoms with Gasteiger partial charge in [-0.2, -0.15) is 9.97 Å².